The molecule has 0 saturated carbocycles. The zero-order valence-electron chi connectivity index (χ0n) is 13.1. The van der Waals surface area contributed by atoms with Crippen LogP contribution in [0.15, 0.2) is 53.1 Å². The van der Waals surface area contributed by atoms with Crippen molar-refractivity contribution in [2.24, 2.45) is 0 Å². The summed E-state index contributed by atoms with van der Waals surface area (Å²) in [6.45, 7) is 0.510. The summed E-state index contributed by atoms with van der Waals surface area (Å²) in [5.41, 5.74) is 2.74. The molecule has 3 rings (SSSR count). The first-order valence-electron chi connectivity index (χ1n) is 7.32. The van der Waals surface area contributed by atoms with Crippen LogP contribution in [0.2, 0.25) is 0 Å². The number of benzene rings is 2. The van der Waals surface area contributed by atoms with E-state index in [1.54, 1.807) is 19.2 Å². The van der Waals surface area contributed by atoms with Crippen LogP contribution in [0.1, 0.15) is 17.3 Å². The summed E-state index contributed by atoms with van der Waals surface area (Å²) in [6, 6.07) is 17.2. The van der Waals surface area contributed by atoms with Crippen molar-refractivity contribution in [1.29, 1.82) is 5.26 Å². The molecule has 0 aliphatic rings. The Morgan fingerprint density at radius 2 is 1.67 bits per heavy atom. The minimum Gasteiger partial charge on any atom is -0.484 e. The van der Waals surface area contributed by atoms with Crippen molar-refractivity contribution in [2.75, 3.05) is 7.11 Å². The first-order chi connectivity index (χ1) is 11.8. The molecule has 0 atom stereocenters. The van der Waals surface area contributed by atoms with Gasteiger partial charge in [-0.05, 0) is 35.4 Å². The topological polar surface area (TPSA) is 81.2 Å². The van der Waals surface area contributed by atoms with Crippen molar-refractivity contribution < 1.29 is 14.0 Å². The molecule has 120 valence electrons. The van der Waals surface area contributed by atoms with E-state index in [4.69, 9.17) is 19.3 Å². The SMILES string of the molecule is COCc1noc(COc2ccc(-c3ccc(C#N)cc3)cc2)n1. The lowest BCUT2D eigenvalue weighted by atomic mass is 10.0. The zero-order chi connectivity index (χ0) is 16.8. The van der Waals surface area contributed by atoms with Crippen LogP contribution in [0.4, 0.5) is 0 Å². The molecule has 0 fully saturated rings. The van der Waals surface area contributed by atoms with Gasteiger partial charge in [0.2, 0.25) is 0 Å². The molecule has 3 aromatic rings. The molecule has 0 spiro atoms. The number of hydrogen-bond donors (Lipinski definition) is 0. The van der Waals surface area contributed by atoms with E-state index >= 15 is 0 Å². The van der Waals surface area contributed by atoms with Gasteiger partial charge in [0.15, 0.2) is 12.4 Å². The zero-order valence-corrected chi connectivity index (χ0v) is 13.1. The van der Waals surface area contributed by atoms with Crippen LogP contribution in [0.3, 0.4) is 0 Å². The monoisotopic (exact) mass is 321 g/mol. The molecule has 1 aromatic heterocycles. The quantitative estimate of drug-likeness (QED) is 0.692. The van der Waals surface area contributed by atoms with Crippen molar-refractivity contribution >= 4 is 0 Å². The van der Waals surface area contributed by atoms with E-state index in [-0.39, 0.29) is 6.61 Å². The molecule has 6 heteroatoms. The molecule has 0 unspecified atom stereocenters. The Morgan fingerprint density at radius 1 is 1.00 bits per heavy atom. The number of nitrogens with zero attached hydrogens (tertiary/aromatic N) is 3. The average Bonchev–Trinajstić information content (AvgIpc) is 3.08. The van der Waals surface area contributed by atoms with E-state index in [9.17, 15) is 0 Å². The third-order valence-corrected chi connectivity index (χ3v) is 3.35. The van der Waals surface area contributed by atoms with Gasteiger partial charge in [-0.25, -0.2) is 0 Å². The molecule has 0 amide bonds. The van der Waals surface area contributed by atoms with E-state index in [1.165, 1.54) is 0 Å². The van der Waals surface area contributed by atoms with E-state index in [2.05, 4.69) is 16.2 Å². The highest BCUT2D eigenvalue weighted by Gasteiger charge is 2.07. The van der Waals surface area contributed by atoms with E-state index < -0.39 is 0 Å². The number of methoxy groups -OCH3 is 1. The van der Waals surface area contributed by atoms with Crippen LogP contribution in [0, 0.1) is 11.3 Å². The molecule has 0 bridgehead atoms. The second-order valence-corrected chi connectivity index (χ2v) is 5.04. The first-order valence-corrected chi connectivity index (χ1v) is 7.32. The molecule has 24 heavy (non-hydrogen) atoms. The van der Waals surface area contributed by atoms with Gasteiger partial charge in [0, 0.05) is 7.11 Å². The number of nitriles is 1. The fraction of sp³-hybridized carbons (Fsp3) is 0.167. The molecule has 6 nitrogen and oxygen atoms in total. The Bertz CT molecular complexity index is 833. The Morgan fingerprint density at radius 3 is 2.29 bits per heavy atom. The maximum absolute atomic E-state index is 8.83. The van der Waals surface area contributed by atoms with Gasteiger partial charge in [0.1, 0.15) is 12.4 Å². The Hall–Kier alpha value is -3.17. The van der Waals surface area contributed by atoms with E-state index in [0.717, 1.165) is 11.1 Å². The second-order valence-electron chi connectivity index (χ2n) is 5.04. The highest BCUT2D eigenvalue weighted by atomic mass is 16.5. The summed E-state index contributed by atoms with van der Waals surface area (Å²) in [4.78, 5) is 4.14. The summed E-state index contributed by atoms with van der Waals surface area (Å²) in [7, 11) is 1.57. The van der Waals surface area contributed by atoms with Gasteiger partial charge in [-0.1, -0.05) is 29.4 Å². The van der Waals surface area contributed by atoms with Crippen LogP contribution in [0.25, 0.3) is 11.1 Å². The molecule has 0 radical (unpaired) electrons. The minimum atomic E-state index is 0.201. The summed E-state index contributed by atoms with van der Waals surface area (Å²) in [6.07, 6.45) is 0. The number of rotatable bonds is 6. The molecule has 0 saturated heterocycles. The van der Waals surface area contributed by atoms with Crippen LogP contribution < -0.4 is 4.74 Å². The average molecular weight is 321 g/mol. The normalized spacial score (nSPS) is 10.3. The predicted molar refractivity (Wildman–Crippen MR) is 85.9 cm³/mol. The molecule has 0 N–H and O–H groups in total. The molecule has 0 aliphatic heterocycles. The van der Waals surface area contributed by atoms with Gasteiger partial charge in [-0.15, -0.1) is 0 Å². The third kappa shape index (κ3) is 3.77. The highest BCUT2D eigenvalue weighted by molar-refractivity contribution is 5.64. The van der Waals surface area contributed by atoms with Crippen molar-refractivity contribution in [1.82, 2.24) is 10.1 Å². The van der Waals surface area contributed by atoms with E-state index in [0.29, 0.717) is 29.6 Å². The molecular weight excluding hydrogens is 306 g/mol. The van der Waals surface area contributed by atoms with Crippen molar-refractivity contribution in [3.8, 4) is 22.9 Å². The second kappa shape index (κ2) is 7.40. The van der Waals surface area contributed by atoms with Crippen molar-refractivity contribution in [3.05, 3.63) is 65.8 Å². The van der Waals surface area contributed by atoms with Gasteiger partial charge in [0.05, 0.1) is 11.6 Å². The molecule has 2 aromatic carbocycles. The smallest absolute Gasteiger partial charge is 0.264 e. The lowest BCUT2D eigenvalue weighted by Gasteiger charge is -2.05. The van der Waals surface area contributed by atoms with E-state index in [1.807, 2.05) is 36.4 Å². The van der Waals surface area contributed by atoms with Crippen molar-refractivity contribution in [2.45, 2.75) is 13.2 Å². The molecular formula is C18H15N3O3. The predicted octanol–water partition coefficient (Wildman–Crippen LogP) is 3.33. The largest absolute Gasteiger partial charge is 0.484 e. The minimum absolute atomic E-state index is 0.201. The summed E-state index contributed by atoms with van der Waals surface area (Å²) < 4.78 is 15.6. The lowest BCUT2D eigenvalue weighted by Crippen LogP contribution is -1.96. The van der Waals surface area contributed by atoms with Gasteiger partial charge in [-0.3, -0.25) is 0 Å². The van der Waals surface area contributed by atoms with Crippen LogP contribution in [-0.2, 0) is 18.0 Å². The summed E-state index contributed by atoms with van der Waals surface area (Å²) >= 11 is 0. The standard InChI is InChI=1S/C18H15N3O3/c1-22-11-17-20-18(24-21-17)12-23-16-8-6-15(7-9-16)14-4-2-13(10-19)3-5-14/h2-9H,11-12H2,1H3. The van der Waals surface area contributed by atoms with Crippen LogP contribution in [0.5, 0.6) is 5.75 Å². The fourth-order valence-electron chi connectivity index (χ4n) is 2.16. The van der Waals surface area contributed by atoms with Gasteiger partial charge >= 0.3 is 0 Å². The number of ether oxygens (including phenoxy) is 2. The number of hydrogen-bond acceptors (Lipinski definition) is 6. The third-order valence-electron chi connectivity index (χ3n) is 3.35. The van der Waals surface area contributed by atoms with Crippen LogP contribution in [-0.4, -0.2) is 17.3 Å². The van der Waals surface area contributed by atoms with Crippen molar-refractivity contribution in [3.63, 3.8) is 0 Å². The van der Waals surface area contributed by atoms with Gasteiger partial charge in [0.25, 0.3) is 5.89 Å². The lowest BCUT2D eigenvalue weighted by molar-refractivity contribution is 0.174. The maximum atomic E-state index is 8.83. The Labute approximate surface area is 139 Å². The molecule has 1 heterocycles. The fourth-order valence-corrected chi connectivity index (χ4v) is 2.16. The number of aromatic nitrogens is 2. The van der Waals surface area contributed by atoms with Crippen LogP contribution >= 0.6 is 0 Å². The summed E-state index contributed by atoms with van der Waals surface area (Å²) in [5, 5.41) is 12.6. The first kappa shape index (κ1) is 15.7. The van der Waals surface area contributed by atoms with Gasteiger partial charge in [-0.2, -0.15) is 10.2 Å². The Kier molecular flexibility index (Phi) is 4.84. The Balaban J connectivity index is 1.62. The highest BCUT2D eigenvalue weighted by Crippen LogP contribution is 2.23. The maximum Gasteiger partial charge on any atom is 0.264 e. The van der Waals surface area contributed by atoms with Gasteiger partial charge < -0.3 is 14.0 Å². The summed E-state index contributed by atoms with van der Waals surface area (Å²) in [5.74, 6) is 1.60. The molecule has 0 aliphatic carbocycles.